The molecule has 0 heterocycles. The van der Waals surface area contributed by atoms with Gasteiger partial charge < -0.3 is 14.2 Å². The molecule has 0 N–H and O–H groups in total. The number of ether oxygens (including phenoxy) is 3. The fourth-order valence-corrected chi connectivity index (χ4v) is 9.47. The minimum Gasteiger partial charge on any atom is -0.462 e. The molecule has 0 fully saturated rings. The van der Waals surface area contributed by atoms with Crippen LogP contribution in [0, 0.1) is 0 Å². The Morgan fingerprint density at radius 3 is 0.824 bits per heavy atom. The van der Waals surface area contributed by atoms with E-state index in [4.69, 9.17) is 14.2 Å². The predicted octanol–water partition coefficient (Wildman–Crippen LogP) is 21.9. The van der Waals surface area contributed by atoms with Crippen molar-refractivity contribution in [2.24, 2.45) is 0 Å². The summed E-state index contributed by atoms with van der Waals surface area (Å²) >= 11 is 0. The van der Waals surface area contributed by atoms with Crippen molar-refractivity contribution < 1.29 is 28.6 Å². The molecule has 0 radical (unpaired) electrons. The molecule has 0 aromatic carbocycles. The maximum atomic E-state index is 12.8. The summed E-state index contributed by atoms with van der Waals surface area (Å²) in [6, 6.07) is 0. The monoisotopic (exact) mass is 1030 g/mol. The van der Waals surface area contributed by atoms with Gasteiger partial charge in [0.25, 0.3) is 0 Å². The first kappa shape index (κ1) is 71.1. The molecular formula is C68H122O6. The van der Waals surface area contributed by atoms with Crippen LogP contribution >= 0.6 is 0 Å². The maximum Gasteiger partial charge on any atom is 0.306 e. The van der Waals surface area contributed by atoms with Crippen molar-refractivity contribution >= 4 is 17.9 Å². The van der Waals surface area contributed by atoms with Gasteiger partial charge in [-0.05, 0) is 64.2 Å². The lowest BCUT2D eigenvalue weighted by Gasteiger charge is -2.18. The molecule has 6 nitrogen and oxygen atoms in total. The van der Waals surface area contributed by atoms with Gasteiger partial charge in [-0.2, -0.15) is 0 Å². The van der Waals surface area contributed by atoms with Crippen LogP contribution in [-0.2, 0) is 28.6 Å². The predicted molar refractivity (Wildman–Crippen MR) is 321 cm³/mol. The Morgan fingerprint density at radius 2 is 0.527 bits per heavy atom. The Morgan fingerprint density at radius 1 is 0.284 bits per heavy atom. The van der Waals surface area contributed by atoms with Crippen LogP contribution in [0.4, 0.5) is 0 Å². The van der Waals surface area contributed by atoms with Crippen molar-refractivity contribution in [2.45, 2.75) is 341 Å². The van der Waals surface area contributed by atoms with Crippen LogP contribution in [0.1, 0.15) is 335 Å². The molecule has 430 valence electrons. The number of hydrogen-bond donors (Lipinski definition) is 0. The van der Waals surface area contributed by atoms with Crippen LogP contribution in [-0.4, -0.2) is 37.2 Å². The highest BCUT2D eigenvalue weighted by molar-refractivity contribution is 5.71. The summed E-state index contributed by atoms with van der Waals surface area (Å²) in [5, 5.41) is 0. The topological polar surface area (TPSA) is 78.9 Å². The average molecular weight is 1040 g/mol. The third-order valence-corrected chi connectivity index (χ3v) is 14.3. The van der Waals surface area contributed by atoms with Gasteiger partial charge in [-0.3, -0.25) is 14.4 Å². The second-order valence-corrected chi connectivity index (χ2v) is 21.7. The zero-order chi connectivity index (χ0) is 53.6. The molecule has 0 rings (SSSR count). The number of allylic oxidation sites excluding steroid dienone is 10. The molecule has 0 aromatic rings. The summed E-state index contributed by atoms with van der Waals surface area (Å²) in [5.74, 6) is -0.863. The second kappa shape index (κ2) is 62.6. The highest BCUT2D eigenvalue weighted by atomic mass is 16.6. The standard InChI is InChI=1S/C68H122O6/c1-4-7-10-13-15-17-19-21-23-25-27-28-29-30-31-32-33-34-35-36-37-38-39-40-41-43-44-46-48-50-52-55-58-61-67(70)73-64-65(63-72-66(69)60-57-54-12-9-6-3)74-68(71)62-59-56-53-51-49-47-45-42-26-24-22-20-18-16-14-11-8-5-2/h7,10,15,17,21,23,27-28,30-31,65H,4-6,8-9,11-14,16,18-20,22,24-26,29,32-64H2,1-3H3/b10-7-,17-15-,23-21-,28-27-,31-30-. The van der Waals surface area contributed by atoms with E-state index in [1.807, 2.05) is 0 Å². The van der Waals surface area contributed by atoms with Gasteiger partial charge in [0, 0.05) is 19.3 Å². The summed E-state index contributed by atoms with van der Waals surface area (Å²) in [7, 11) is 0. The van der Waals surface area contributed by atoms with Crippen molar-refractivity contribution in [2.75, 3.05) is 13.2 Å². The third kappa shape index (κ3) is 60.0. The van der Waals surface area contributed by atoms with E-state index in [1.165, 1.54) is 199 Å². The Balaban J connectivity index is 3.93. The average Bonchev–Trinajstić information content (AvgIpc) is 3.40. The third-order valence-electron chi connectivity index (χ3n) is 14.3. The molecule has 1 unspecified atom stereocenters. The van der Waals surface area contributed by atoms with Gasteiger partial charge in [-0.15, -0.1) is 0 Å². The van der Waals surface area contributed by atoms with E-state index >= 15 is 0 Å². The molecule has 0 aromatic heterocycles. The van der Waals surface area contributed by atoms with Crippen LogP contribution in [0.5, 0.6) is 0 Å². The Labute approximate surface area is 460 Å². The van der Waals surface area contributed by atoms with Crippen molar-refractivity contribution in [3.05, 3.63) is 60.8 Å². The van der Waals surface area contributed by atoms with Gasteiger partial charge in [-0.1, -0.05) is 313 Å². The normalized spacial score (nSPS) is 12.4. The Hall–Kier alpha value is -2.89. The van der Waals surface area contributed by atoms with Crippen LogP contribution in [0.2, 0.25) is 0 Å². The highest BCUT2D eigenvalue weighted by Gasteiger charge is 2.19. The molecule has 0 spiro atoms. The van der Waals surface area contributed by atoms with Gasteiger partial charge in [0.2, 0.25) is 0 Å². The summed E-state index contributed by atoms with van der Waals surface area (Å²) in [4.78, 5) is 37.9. The number of rotatable bonds is 59. The van der Waals surface area contributed by atoms with Crippen molar-refractivity contribution in [3.8, 4) is 0 Å². The summed E-state index contributed by atoms with van der Waals surface area (Å²) in [6.45, 7) is 6.49. The molecule has 6 heteroatoms. The lowest BCUT2D eigenvalue weighted by Crippen LogP contribution is -2.30. The first-order valence-corrected chi connectivity index (χ1v) is 32.3. The van der Waals surface area contributed by atoms with Crippen LogP contribution < -0.4 is 0 Å². The summed E-state index contributed by atoms with van der Waals surface area (Å²) in [5.41, 5.74) is 0. The van der Waals surface area contributed by atoms with Crippen molar-refractivity contribution in [1.82, 2.24) is 0 Å². The molecule has 0 saturated heterocycles. The van der Waals surface area contributed by atoms with E-state index in [0.717, 1.165) is 96.3 Å². The number of carbonyl (C=O) groups is 3. The first-order valence-electron chi connectivity index (χ1n) is 32.3. The zero-order valence-electron chi connectivity index (χ0n) is 49.4. The maximum absolute atomic E-state index is 12.8. The van der Waals surface area contributed by atoms with Crippen molar-refractivity contribution in [1.29, 1.82) is 0 Å². The van der Waals surface area contributed by atoms with Gasteiger partial charge in [0.15, 0.2) is 6.10 Å². The van der Waals surface area contributed by atoms with E-state index in [9.17, 15) is 14.4 Å². The van der Waals surface area contributed by atoms with Crippen molar-refractivity contribution in [3.63, 3.8) is 0 Å². The van der Waals surface area contributed by atoms with E-state index in [0.29, 0.717) is 19.3 Å². The minimum absolute atomic E-state index is 0.0685. The van der Waals surface area contributed by atoms with Gasteiger partial charge in [0.05, 0.1) is 0 Å². The SMILES string of the molecule is CC/C=C\C/C=C\C/C=C\C/C=C\C/C=C\CCCCCCCCCCCCCCCCCCCC(=O)OCC(COC(=O)CCCCCCC)OC(=O)CCCCCCCCCCCCCCCCCCCC. The lowest BCUT2D eigenvalue weighted by molar-refractivity contribution is -0.167. The van der Waals surface area contributed by atoms with Gasteiger partial charge >= 0.3 is 17.9 Å². The molecule has 0 amide bonds. The van der Waals surface area contributed by atoms with Gasteiger partial charge in [0.1, 0.15) is 13.2 Å². The molecule has 74 heavy (non-hydrogen) atoms. The fourth-order valence-electron chi connectivity index (χ4n) is 9.47. The summed E-state index contributed by atoms with van der Waals surface area (Å²) in [6.07, 6.45) is 80.0. The molecular weight excluding hydrogens is 913 g/mol. The van der Waals surface area contributed by atoms with E-state index in [2.05, 4.69) is 81.5 Å². The number of unbranched alkanes of at least 4 members (excludes halogenated alkanes) is 38. The number of hydrogen-bond acceptors (Lipinski definition) is 6. The molecule has 0 saturated carbocycles. The smallest absolute Gasteiger partial charge is 0.306 e. The summed E-state index contributed by atoms with van der Waals surface area (Å²) < 4.78 is 16.8. The number of carbonyl (C=O) groups excluding carboxylic acids is 3. The van der Waals surface area contributed by atoms with Crippen LogP contribution in [0.3, 0.4) is 0 Å². The van der Waals surface area contributed by atoms with Crippen LogP contribution in [0.25, 0.3) is 0 Å². The Bertz CT molecular complexity index is 1330. The quantitative estimate of drug-likeness (QED) is 0.0261. The second-order valence-electron chi connectivity index (χ2n) is 21.7. The molecule has 0 bridgehead atoms. The molecule has 0 aliphatic carbocycles. The van der Waals surface area contributed by atoms with E-state index in [-0.39, 0.29) is 31.1 Å². The molecule has 0 aliphatic heterocycles. The first-order chi connectivity index (χ1) is 36.5. The molecule has 0 aliphatic rings. The minimum atomic E-state index is -0.766. The van der Waals surface area contributed by atoms with E-state index < -0.39 is 6.10 Å². The fraction of sp³-hybridized carbons (Fsp3) is 0.809. The Kier molecular flexibility index (Phi) is 60.2. The van der Waals surface area contributed by atoms with E-state index in [1.54, 1.807) is 0 Å². The molecule has 1 atom stereocenters. The van der Waals surface area contributed by atoms with Gasteiger partial charge in [-0.25, -0.2) is 0 Å². The number of esters is 3. The highest BCUT2D eigenvalue weighted by Crippen LogP contribution is 2.18. The van der Waals surface area contributed by atoms with Crippen LogP contribution in [0.15, 0.2) is 60.8 Å². The lowest BCUT2D eigenvalue weighted by atomic mass is 10.0. The largest absolute Gasteiger partial charge is 0.462 e. The zero-order valence-corrected chi connectivity index (χ0v) is 49.4.